The van der Waals surface area contributed by atoms with Gasteiger partial charge in [-0.1, -0.05) is 12.8 Å². The molecular formula is C16H31N3O. The number of rotatable bonds is 6. The van der Waals surface area contributed by atoms with Gasteiger partial charge in [-0.05, 0) is 46.5 Å². The van der Waals surface area contributed by atoms with E-state index in [0.717, 1.165) is 13.1 Å². The van der Waals surface area contributed by atoms with E-state index in [9.17, 15) is 4.79 Å². The minimum Gasteiger partial charge on any atom is -0.324 e. The Morgan fingerprint density at radius 3 is 2.35 bits per heavy atom. The molecule has 0 aromatic rings. The first-order valence-electron chi connectivity index (χ1n) is 8.29. The second-order valence-electron chi connectivity index (χ2n) is 6.88. The van der Waals surface area contributed by atoms with Crippen molar-refractivity contribution in [2.45, 2.75) is 71.6 Å². The van der Waals surface area contributed by atoms with Crippen molar-refractivity contribution in [1.82, 2.24) is 15.1 Å². The van der Waals surface area contributed by atoms with E-state index in [1.165, 1.54) is 25.7 Å². The van der Waals surface area contributed by atoms with Crippen LogP contribution in [-0.4, -0.2) is 53.6 Å². The van der Waals surface area contributed by atoms with Crippen LogP contribution in [0.2, 0.25) is 0 Å². The van der Waals surface area contributed by atoms with Crippen molar-refractivity contribution in [3.8, 4) is 0 Å². The summed E-state index contributed by atoms with van der Waals surface area (Å²) in [5.74, 6) is 0.961. The van der Waals surface area contributed by atoms with Crippen LogP contribution in [0.4, 0.5) is 0 Å². The monoisotopic (exact) mass is 281 g/mol. The van der Waals surface area contributed by atoms with Crippen LogP contribution in [0.15, 0.2) is 0 Å². The zero-order valence-electron chi connectivity index (χ0n) is 13.6. The highest BCUT2D eigenvalue weighted by Crippen LogP contribution is 2.30. The second-order valence-corrected chi connectivity index (χ2v) is 6.88. The predicted molar refractivity (Wildman–Crippen MR) is 82.4 cm³/mol. The Balaban J connectivity index is 1.93. The molecular weight excluding hydrogens is 250 g/mol. The quantitative estimate of drug-likeness (QED) is 0.809. The summed E-state index contributed by atoms with van der Waals surface area (Å²) >= 11 is 0. The minimum absolute atomic E-state index is 0.286. The van der Waals surface area contributed by atoms with Gasteiger partial charge in [-0.25, -0.2) is 0 Å². The molecule has 20 heavy (non-hydrogen) atoms. The fraction of sp³-hybridized carbons (Fsp3) is 0.938. The highest BCUT2D eigenvalue weighted by atomic mass is 16.2. The molecule has 0 radical (unpaired) electrons. The summed E-state index contributed by atoms with van der Waals surface area (Å²) in [5, 5.41) is 3.44. The smallest absolute Gasteiger partial charge is 0.237 e. The highest BCUT2D eigenvalue weighted by Gasteiger charge is 2.37. The first kappa shape index (κ1) is 15.8. The molecule has 2 aliphatic rings. The normalized spacial score (nSPS) is 24.9. The number of amides is 1. The number of carbonyl (C=O) groups is 1. The van der Waals surface area contributed by atoms with Gasteiger partial charge in [0, 0.05) is 25.2 Å². The lowest BCUT2D eigenvalue weighted by atomic mass is 10.0. The first-order chi connectivity index (χ1) is 9.50. The molecule has 116 valence electrons. The van der Waals surface area contributed by atoms with Crippen molar-refractivity contribution in [2.24, 2.45) is 5.92 Å². The highest BCUT2D eigenvalue weighted by molar-refractivity contribution is 5.80. The summed E-state index contributed by atoms with van der Waals surface area (Å²) in [6.45, 7) is 11.3. The van der Waals surface area contributed by atoms with E-state index in [0.29, 0.717) is 30.7 Å². The maximum absolute atomic E-state index is 12.1. The number of nitrogens with one attached hydrogen (secondary N) is 1. The number of carbonyl (C=O) groups excluding carboxylic acids is 1. The van der Waals surface area contributed by atoms with Crippen LogP contribution in [0.3, 0.4) is 0 Å². The Morgan fingerprint density at radius 1 is 1.20 bits per heavy atom. The number of hydrogen-bond acceptors (Lipinski definition) is 3. The Hall–Kier alpha value is -0.610. The molecule has 0 aromatic heterocycles. The van der Waals surface area contributed by atoms with E-state index >= 15 is 0 Å². The van der Waals surface area contributed by atoms with Crippen LogP contribution in [0, 0.1) is 5.92 Å². The zero-order chi connectivity index (χ0) is 14.7. The molecule has 1 amide bonds. The van der Waals surface area contributed by atoms with Crippen molar-refractivity contribution in [3.05, 3.63) is 0 Å². The Morgan fingerprint density at radius 2 is 1.80 bits per heavy atom. The van der Waals surface area contributed by atoms with Crippen molar-refractivity contribution in [1.29, 1.82) is 0 Å². The van der Waals surface area contributed by atoms with Crippen molar-refractivity contribution in [3.63, 3.8) is 0 Å². The van der Waals surface area contributed by atoms with Crippen LogP contribution < -0.4 is 5.32 Å². The summed E-state index contributed by atoms with van der Waals surface area (Å²) in [7, 11) is 0. The van der Waals surface area contributed by atoms with E-state index in [2.05, 4.69) is 42.8 Å². The summed E-state index contributed by atoms with van der Waals surface area (Å²) in [6.07, 6.45) is 5.51. The van der Waals surface area contributed by atoms with Gasteiger partial charge in [0.2, 0.25) is 5.91 Å². The van der Waals surface area contributed by atoms with Crippen LogP contribution in [0.5, 0.6) is 0 Å². The Kier molecular flexibility index (Phi) is 5.44. The molecule has 2 fully saturated rings. The average molecular weight is 281 g/mol. The van der Waals surface area contributed by atoms with Gasteiger partial charge >= 0.3 is 0 Å². The Bertz CT molecular complexity index is 316. The molecule has 1 aliphatic carbocycles. The second kappa shape index (κ2) is 6.90. The lowest BCUT2D eigenvalue weighted by Gasteiger charge is -2.35. The van der Waals surface area contributed by atoms with E-state index in [1.54, 1.807) is 0 Å². The van der Waals surface area contributed by atoms with Crippen LogP contribution in [-0.2, 0) is 4.79 Å². The Labute approximate surface area is 123 Å². The van der Waals surface area contributed by atoms with Crippen molar-refractivity contribution in [2.75, 3.05) is 19.6 Å². The molecule has 2 rings (SSSR count). The molecule has 4 nitrogen and oxygen atoms in total. The molecule has 1 saturated carbocycles. The van der Waals surface area contributed by atoms with Gasteiger partial charge in [-0.2, -0.15) is 0 Å². The molecule has 0 spiro atoms. The van der Waals surface area contributed by atoms with Gasteiger partial charge in [0.05, 0.1) is 12.7 Å². The summed E-state index contributed by atoms with van der Waals surface area (Å²) in [4.78, 5) is 16.7. The molecule has 1 heterocycles. The third-order valence-electron chi connectivity index (χ3n) is 4.89. The van der Waals surface area contributed by atoms with Gasteiger partial charge in [-0.15, -0.1) is 0 Å². The first-order valence-corrected chi connectivity index (χ1v) is 8.29. The lowest BCUT2D eigenvalue weighted by Crippen LogP contribution is -2.48. The molecule has 0 aromatic carbocycles. The average Bonchev–Trinajstić information content (AvgIpc) is 2.99. The largest absolute Gasteiger partial charge is 0.324 e. The van der Waals surface area contributed by atoms with E-state index in [4.69, 9.17) is 0 Å². The van der Waals surface area contributed by atoms with E-state index in [-0.39, 0.29) is 5.91 Å². The standard InChI is InChI=1S/C16H31N3O/c1-12(2)18(13(3)4)9-10-19-15(20)11-17-16(19)14-7-5-6-8-14/h12-14,16-17H,5-11H2,1-4H3. The van der Waals surface area contributed by atoms with E-state index in [1.807, 2.05) is 0 Å². The molecule has 1 aliphatic heterocycles. The maximum Gasteiger partial charge on any atom is 0.237 e. The molecule has 1 unspecified atom stereocenters. The van der Waals surface area contributed by atoms with Crippen molar-refractivity contribution < 1.29 is 4.79 Å². The third-order valence-corrected chi connectivity index (χ3v) is 4.89. The predicted octanol–water partition coefficient (Wildman–Crippen LogP) is 2.05. The SMILES string of the molecule is CC(C)N(CCN1C(=O)CNC1C1CCCC1)C(C)C. The molecule has 0 bridgehead atoms. The lowest BCUT2D eigenvalue weighted by molar-refractivity contribution is -0.129. The topological polar surface area (TPSA) is 35.6 Å². The summed E-state index contributed by atoms with van der Waals surface area (Å²) in [6, 6.07) is 1.07. The molecule has 1 atom stereocenters. The van der Waals surface area contributed by atoms with Gasteiger partial charge < -0.3 is 4.90 Å². The molecule has 1 saturated heterocycles. The van der Waals surface area contributed by atoms with Crippen LogP contribution >= 0.6 is 0 Å². The molecule has 4 heteroatoms. The number of nitrogens with zero attached hydrogens (tertiary/aromatic N) is 2. The summed E-state index contributed by atoms with van der Waals surface area (Å²) < 4.78 is 0. The molecule has 1 N–H and O–H groups in total. The van der Waals surface area contributed by atoms with Crippen LogP contribution in [0.25, 0.3) is 0 Å². The summed E-state index contributed by atoms with van der Waals surface area (Å²) in [5.41, 5.74) is 0. The number of hydrogen-bond donors (Lipinski definition) is 1. The van der Waals surface area contributed by atoms with Gasteiger partial charge in [0.1, 0.15) is 0 Å². The fourth-order valence-electron chi connectivity index (χ4n) is 3.85. The van der Waals surface area contributed by atoms with Crippen molar-refractivity contribution >= 4 is 5.91 Å². The van der Waals surface area contributed by atoms with Gasteiger partial charge in [0.15, 0.2) is 0 Å². The fourth-order valence-corrected chi connectivity index (χ4v) is 3.85. The van der Waals surface area contributed by atoms with Crippen LogP contribution in [0.1, 0.15) is 53.4 Å². The van der Waals surface area contributed by atoms with Gasteiger partial charge in [-0.3, -0.25) is 15.0 Å². The van der Waals surface area contributed by atoms with Gasteiger partial charge in [0.25, 0.3) is 0 Å². The zero-order valence-corrected chi connectivity index (χ0v) is 13.6. The minimum atomic E-state index is 0.286. The third kappa shape index (κ3) is 3.53. The maximum atomic E-state index is 12.1. The van der Waals surface area contributed by atoms with E-state index < -0.39 is 0 Å².